The molecule has 0 bridgehead atoms. The highest BCUT2D eigenvalue weighted by molar-refractivity contribution is 6.20. The van der Waals surface area contributed by atoms with E-state index in [1.165, 1.54) is 0 Å². The fourth-order valence-electron chi connectivity index (χ4n) is 5.46. The summed E-state index contributed by atoms with van der Waals surface area (Å²) in [5.41, 5.74) is 12.7. The Kier molecular flexibility index (Phi) is 5.48. The van der Waals surface area contributed by atoms with Gasteiger partial charge in [0.2, 0.25) is 5.88 Å². The molecule has 6 N–H and O–H groups in total. The first-order valence-electron chi connectivity index (χ1n) is 12.4. The molecule has 2 heterocycles. The molecule has 190 valence electrons. The maximum absolute atomic E-state index is 12.3. The molecule has 6 rings (SSSR count). The molecular weight excluding hydrogens is 478 g/mol. The van der Waals surface area contributed by atoms with Crippen molar-refractivity contribution >= 4 is 38.5 Å². The smallest absolute Gasteiger partial charge is 0.250 e. The molecule has 0 aliphatic carbocycles. The van der Waals surface area contributed by atoms with E-state index in [1.807, 2.05) is 68.6 Å². The predicted molar refractivity (Wildman–Crippen MR) is 150 cm³/mol. The van der Waals surface area contributed by atoms with Crippen LogP contribution in [0.5, 0.6) is 5.88 Å². The number of aromatic nitrogens is 2. The number of rotatable bonds is 5. The van der Waals surface area contributed by atoms with E-state index in [2.05, 4.69) is 4.98 Å². The van der Waals surface area contributed by atoms with Crippen LogP contribution in [0.3, 0.4) is 0 Å². The van der Waals surface area contributed by atoms with Crippen LogP contribution in [-0.2, 0) is 0 Å². The molecule has 0 aliphatic rings. The van der Waals surface area contributed by atoms with Crippen LogP contribution in [0.1, 0.15) is 33.2 Å². The van der Waals surface area contributed by atoms with Crippen LogP contribution in [0.4, 0.5) is 0 Å². The Hall–Kier alpha value is -4.59. The number of carbonyl (C=O) groups excluding carboxylic acids is 1. The van der Waals surface area contributed by atoms with Crippen LogP contribution >= 0.6 is 0 Å². The molecule has 0 aliphatic heterocycles. The molecular formula is C31H27N3O4. The van der Waals surface area contributed by atoms with Crippen LogP contribution in [0.15, 0.2) is 72.9 Å². The maximum Gasteiger partial charge on any atom is 0.250 e. The Bertz CT molecular complexity index is 1900. The highest BCUT2D eigenvalue weighted by Crippen LogP contribution is 2.40. The number of H-pyrrole nitrogens is 1. The van der Waals surface area contributed by atoms with Gasteiger partial charge in [-0.1, -0.05) is 42.0 Å². The zero-order valence-electron chi connectivity index (χ0n) is 21.0. The number of fused-ring (bicyclic) bond motifs is 4. The minimum absolute atomic E-state index is 0.177. The van der Waals surface area contributed by atoms with Gasteiger partial charge in [0, 0.05) is 33.3 Å². The summed E-state index contributed by atoms with van der Waals surface area (Å²) in [4.78, 5) is 15.6. The van der Waals surface area contributed by atoms with Gasteiger partial charge in [0.25, 0.3) is 5.91 Å². The van der Waals surface area contributed by atoms with Crippen molar-refractivity contribution in [3.8, 4) is 22.7 Å². The number of aliphatic hydroxyl groups is 2. The zero-order valence-corrected chi connectivity index (χ0v) is 21.0. The number of benzene rings is 4. The predicted octanol–water partition coefficient (Wildman–Crippen LogP) is 5.38. The normalized spacial score (nSPS) is 12.5. The SMILES string of the molecule is Cc1ccc2c(O)n(-c3cccc(-c4ccc(C(N)=O)c5[nH]c6cc(C(O)CO)ccc6c45)c3C)cc2c1. The van der Waals surface area contributed by atoms with Gasteiger partial charge in [-0.2, -0.15) is 0 Å². The number of hydrogen-bond donors (Lipinski definition) is 5. The largest absolute Gasteiger partial charge is 0.494 e. The number of nitrogens with one attached hydrogen (secondary N) is 1. The Morgan fingerprint density at radius 3 is 2.55 bits per heavy atom. The fraction of sp³-hybridized carbons (Fsp3) is 0.129. The molecule has 4 aromatic carbocycles. The second-order valence-corrected chi connectivity index (χ2v) is 9.77. The number of nitrogens with zero attached hydrogens (tertiary/aromatic N) is 1. The molecule has 6 aromatic rings. The summed E-state index contributed by atoms with van der Waals surface area (Å²) in [6.07, 6.45) is 0.934. The van der Waals surface area contributed by atoms with E-state index >= 15 is 0 Å². The van der Waals surface area contributed by atoms with Crippen LogP contribution in [0.25, 0.3) is 49.4 Å². The second kappa shape index (κ2) is 8.76. The van der Waals surface area contributed by atoms with Crippen molar-refractivity contribution in [1.29, 1.82) is 0 Å². The third-order valence-electron chi connectivity index (χ3n) is 7.40. The Labute approximate surface area is 218 Å². The summed E-state index contributed by atoms with van der Waals surface area (Å²) in [5, 5.41) is 34.0. The lowest BCUT2D eigenvalue weighted by molar-refractivity contribution is 0.0957. The molecule has 0 spiro atoms. The zero-order chi connectivity index (χ0) is 26.7. The van der Waals surface area contributed by atoms with Gasteiger partial charge in [-0.3, -0.25) is 9.36 Å². The summed E-state index contributed by atoms with van der Waals surface area (Å²) in [5.74, 6) is -0.370. The number of aliphatic hydroxyl groups excluding tert-OH is 2. The van der Waals surface area contributed by atoms with Crippen LogP contribution < -0.4 is 5.73 Å². The summed E-state index contributed by atoms with van der Waals surface area (Å²) >= 11 is 0. The van der Waals surface area contributed by atoms with Gasteiger partial charge in [-0.25, -0.2) is 0 Å². The number of aromatic amines is 1. The van der Waals surface area contributed by atoms with Crippen molar-refractivity contribution < 1.29 is 20.1 Å². The third-order valence-corrected chi connectivity index (χ3v) is 7.40. The summed E-state index contributed by atoms with van der Waals surface area (Å²) in [6, 6.07) is 20.9. The van der Waals surface area contributed by atoms with E-state index in [0.29, 0.717) is 16.6 Å². The monoisotopic (exact) mass is 505 g/mol. The van der Waals surface area contributed by atoms with Crippen molar-refractivity contribution in [2.75, 3.05) is 6.61 Å². The van der Waals surface area contributed by atoms with Crippen molar-refractivity contribution in [3.05, 3.63) is 95.2 Å². The van der Waals surface area contributed by atoms with Crippen molar-refractivity contribution in [1.82, 2.24) is 9.55 Å². The number of aromatic hydroxyl groups is 1. The lowest BCUT2D eigenvalue weighted by atomic mass is 9.93. The molecule has 1 unspecified atom stereocenters. The molecule has 7 nitrogen and oxygen atoms in total. The van der Waals surface area contributed by atoms with E-state index < -0.39 is 18.6 Å². The van der Waals surface area contributed by atoms with Crippen LogP contribution in [-0.4, -0.2) is 37.4 Å². The highest BCUT2D eigenvalue weighted by atomic mass is 16.3. The minimum Gasteiger partial charge on any atom is -0.494 e. The van der Waals surface area contributed by atoms with Crippen molar-refractivity contribution in [2.45, 2.75) is 20.0 Å². The lowest BCUT2D eigenvalue weighted by Gasteiger charge is -2.15. The van der Waals surface area contributed by atoms with Gasteiger partial charge < -0.3 is 26.0 Å². The fourth-order valence-corrected chi connectivity index (χ4v) is 5.46. The molecule has 0 fully saturated rings. The number of primary amides is 1. The summed E-state index contributed by atoms with van der Waals surface area (Å²) in [7, 11) is 0. The molecule has 0 saturated heterocycles. The Morgan fingerprint density at radius 1 is 1.00 bits per heavy atom. The first-order chi connectivity index (χ1) is 18.3. The topological polar surface area (TPSA) is 124 Å². The minimum atomic E-state index is -1.01. The van der Waals surface area contributed by atoms with E-state index in [1.54, 1.807) is 22.8 Å². The van der Waals surface area contributed by atoms with Gasteiger partial charge in [-0.05, 0) is 66.4 Å². The van der Waals surface area contributed by atoms with Crippen LogP contribution in [0, 0.1) is 13.8 Å². The van der Waals surface area contributed by atoms with Crippen molar-refractivity contribution in [3.63, 3.8) is 0 Å². The number of amides is 1. The molecule has 0 radical (unpaired) electrons. The average Bonchev–Trinajstić information content (AvgIpc) is 3.44. The Morgan fingerprint density at radius 2 is 1.79 bits per heavy atom. The second-order valence-electron chi connectivity index (χ2n) is 9.77. The van der Waals surface area contributed by atoms with Crippen molar-refractivity contribution in [2.24, 2.45) is 5.73 Å². The van der Waals surface area contributed by atoms with E-state index in [-0.39, 0.29) is 5.88 Å². The van der Waals surface area contributed by atoms with Gasteiger partial charge in [0.15, 0.2) is 0 Å². The highest BCUT2D eigenvalue weighted by Gasteiger charge is 2.20. The number of hydrogen-bond acceptors (Lipinski definition) is 4. The Balaban J connectivity index is 1.61. The molecule has 7 heteroatoms. The number of aryl methyl sites for hydroxylation is 1. The molecule has 0 saturated carbocycles. The maximum atomic E-state index is 12.3. The quantitative estimate of drug-likeness (QED) is 0.216. The van der Waals surface area contributed by atoms with E-state index in [4.69, 9.17) is 5.73 Å². The van der Waals surface area contributed by atoms with E-state index in [0.717, 1.165) is 55.0 Å². The summed E-state index contributed by atoms with van der Waals surface area (Å²) in [6.45, 7) is 3.64. The van der Waals surface area contributed by atoms with E-state index in [9.17, 15) is 20.1 Å². The average molecular weight is 506 g/mol. The standard InChI is InChI=1S/C31H27N3O4/c1-16-6-8-21-19(12-16)14-34(31(21)38)26-5-3-4-20(17(26)2)22-10-11-24(30(32)37)29-28(22)23-9-7-18(27(36)15-35)13-25(23)33-29/h3-14,27,33,35-36,38H,15H2,1-2H3,(H2,32,37). The first-order valence-corrected chi connectivity index (χ1v) is 12.4. The van der Waals surface area contributed by atoms with Crippen LogP contribution in [0.2, 0.25) is 0 Å². The third kappa shape index (κ3) is 3.55. The van der Waals surface area contributed by atoms with Gasteiger partial charge in [0.1, 0.15) is 6.10 Å². The van der Waals surface area contributed by atoms with Gasteiger partial charge in [-0.15, -0.1) is 0 Å². The molecule has 38 heavy (non-hydrogen) atoms. The number of carbonyl (C=O) groups is 1. The van der Waals surface area contributed by atoms with Gasteiger partial charge in [0.05, 0.1) is 23.4 Å². The summed E-state index contributed by atoms with van der Waals surface area (Å²) < 4.78 is 1.80. The lowest BCUT2D eigenvalue weighted by Crippen LogP contribution is -2.11. The number of nitrogens with two attached hydrogens (primary N) is 1. The molecule has 1 atom stereocenters. The molecule has 2 aromatic heterocycles. The van der Waals surface area contributed by atoms with Gasteiger partial charge >= 0.3 is 0 Å². The first kappa shape index (κ1) is 23.8. The molecule has 1 amide bonds.